The van der Waals surface area contributed by atoms with Gasteiger partial charge in [0.2, 0.25) is 5.91 Å². The molecule has 1 aromatic heterocycles. The third-order valence-corrected chi connectivity index (χ3v) is 3.61. The van der Waals surface area contributed by atoms with E-state index in [0.717, 1.165) is 0 Å². The lowest BCUT2D eigenvalue weighted by Crippen LogP contribution is -2.48. The van der Waals surface area contributed by atoms with Gasteiger partial charge >= 0.3 is 0 Å². The van der Waals surface area contributed by atoms with E-state index in [1.54, 1.807) is 12.5 Å². The van der Waals surface area contributed by atoms with E-state index in [0.29, 0.717) is 18.9 Å². The van der Waals surface area contributed by atoms with Crippen molar-refractivity contribution in [2.24, 2.45) is 17.1 Å². The number of hydrogen-bond acceptors (Lipinski definition) is 3. The lowest BCUT2D eigenvalue weighted by atomic mass is 9.86. The van der Waals surface area contributed by atoms with Crippen LogP contribution in [0.1, 0.15) is 41.0 Å². The number of imidazole rings is 1. The summed E-state index contributed by atoms with van der Waals surface area (Å²) in [5.41, 5.74) is 5.94. The third-order valence-electron chi connectivity index (χ3n) is 3.61. The minimum Gasteiger partial charge on any atom is -0.351 e. The van der Waals surface area contributed by atoms with Crippen LogP contribution in [0.3, 0.4) is 0 Å². The van der Waals surface area contributed by atoms with Crippen LogP contribution in [0.2, 0.25) is 0 Å². The van der Waals surface area contributed by atoms with E-state index in [2.05, 4.69) is 31.1 Å². The molecule has 1 amide bonds. The Morgan fingerprint density at radius 3 is 2.50 bits per heavy atom. The Morgan fingerprint density at radius 2 is 2.05 bits per heavy atom. The molecule has 3 N–H and O–H groups in total. The summed E-state index contributed by atoms with van der Waals surface area (Å²) >= 11 is 0. The van der Waals surface area contributed by atoms with E-state index < -0.39 is 0 Å². The largest absolute Gasteiger partial charge is 0.351 e. The van der Waals surface area contributed by atoms with Gasteiger partial charge in [0.1, 0.15) is 0 Å². The third kappa shape index (κ3) is 5.33. The van der Waals surface area contributed by atoms with Crippen LogP contribution in [0.5, 0.6) is 0 Å². The maximum Gasteiger partial charge on any atom is 0.221 e. The van der Waals surface area contributed by atoms with Crippen molar-refractivity contribution in [3.8, 4) is 0 Å². The first-order valence-corrected chi connectivity index (χ1v) is 7.21. The van der Waals surface area contributed by atoms with Crippen molar-refractivity contribution in [1.82, 2.24) is 14.9 Å². The van der Waals surface area contributed by atoms with Gasteiger partial charge < -0.3 is 15.6 Å². The molecule has 0 saturated heterocycles. The van der Waals surface area contributed by atoms with Gasteiger partial charge in [-0.15, -0.1) is 0 Å². The highest BCUT2D eigenvalue weighted by Gasteiger charge is 2.27. The molecule has 0 bridgehead atoms. The van der Waals surface area contributed by atoms with Gasteiger partial charge in [-0.3, -0.25) is 4.79 Å². The highest BCUT2D eigenvalue weighted by Crippen LogP contribution is 2.21. The van der Waals surface area contributed by atoms with E-state index in [1.807, 2.05) is 24.6 Å². The van der Waals surface area contributed by atoms with Crippen molar-refractivity contribution in [3.63, 3.8) is 0 Å². The fourth-order valence-electron chi connectivity index (χ4n) is 1.84. The fraction of sp³-hybridized carbons (Fsp3) is 0.733. The van der Waals surface area contributed by atoms with Crippen molar-refractivity contribution < 1.29 is 4.79 Å². The van der Waals surface area contributed by atoms with Gasteiger partial charge in [0.15, 0.2) is 0 Å². The molecule has 114 valence electrons. The Balaban J connectivity index is 2.64. The van der Waals surface area contributed by atoms with Crippen LogP contribution in [-0.2, 0) is 11.3 Å². The first-order chi connectivity index (χ1) is 9.20. The van der Waals surface area contributed by atoms with Crippen molar-refractivity contribution >= 4 is 5.91 Å². The van der Waals surface area contributed by atoms with Crippen molar-refractivity contribution in [1.29, 1.82) is 0 Å². The molecule has 5 nitrogen and oxygen atoms in total. The number of rotatable bonds is 6. The number of aromatic nitrogens is 2. The molecule has 5 heteroatoms. The van der Waals surface area contributed by atoms with Gasteiger partial charge in [-0.25, -0.2) is 4.98 Å². The number of nitrogens with one attached hydrogen (secondary N) is 1. The standard InChI is InChI=1S/C15H28N4O/c1-11(2)12(16)8-14(20)18-13(15(3,4)5)9-19-7-6-17-10-19/h6-7,10-13H,8-9,16H2,1-5H3,(H,18,20). The Morgan fingerprint density at radius 1 is 1.40 bits per heavy atom. The fourth-order valence-corrected chi connectivity index (χ4v) is 1.84. The Labute approximate surface area is 122 Å². The van der Waals surface area contributed by atoms with Crippen LogP contribution in [0.15, 0.2) is 18.7 Å². The molecule has 0 aliphatic heterocycles. The molecule has 20 heavy (non-hydrogen) atoms. The second-order valence-corrected chi connectivity index (χ2v) is 6.86. The van der Waals surface area contributed by atoms with E-state index in [4.69, 9.17) is 5.73 Å². The summed E-state index contributed by atoms with van der Waals surface area (Å²) in [5, 5.41) is 3.11. The number of hydrogen-bond donors (Lipinski definition) is 2. The second-order valence-electron chi connectivity index (χ2n) is 6.86. The molecule has 0 fully saturated rings. The van der Waals surface area contributed by atoms with Crippen LogP contribution in [0, 0.1) is 11.3 Å². The topological polar surface area (TPSA) is 72.9 Å². The normalized spacial score (nSPS) is 15.2. The van der Waals surface area contributed by atoms with Gasteiger partial charge in [0.25, 0.3) is 0 Å². The number of carbonyl (C=O) groups excluding carboxylic acids is 1. The lowest BCUT2D eigenvalue weighted by molar-refractivity contribution is -0.123. The Hall–Kier alpha value is -1.36. The van der Waals surface area contributed by atoms with Crippen LogP contribution in [0.4, 0.5) is 0 Å². The lowest BCUT2D eigenvalue weighted by Gasteiger charge is -2.32. The van der Waals surface area contributed by atoms with Gasteiger partial charge in [-0.1, -0.05) is 34.6 Å². The summed E-state index contributed by atoms with van der Waals surface area (Å²) in [6.45, 7) is 11.1. The SMILES string of the molecule is CC(C)C(N)CC(=O)NC(Cn1ccnc1)C(C)(C)C. The number of amides is 1. The molecule has 2 unspecified atom stereocenters. The van der Waals surface area contributed by atoms with E-state index >= 15 is 0 Å². The van der Waals surface area contributed by atoms with E-state index in [9.17, 15) is 4.79 Å². The molecule has 1 heterocycles. The minimum atomic E-state index is -0.0936. The molecule has 0 aromatic carbocycles. The smallest absolute Gasteiger partial charge is 0.221 e. The Bertz CT molecular complexity index is 406. The molecule has 0 aliphatic carbocycles. The summed E-state index contributed by atoms with van der Waals surface area (Å²) in [6, 6.07) is -0.0487. The monoisotopic (exact) mass is 280 g/mol. The first kappa shape index (κ1) is 16.7. The van der Waals surface area contributed by atoms with Crippen LogP contribution < -0.4 is 11.1 Å². The number of carbonyl (C=O) groups is 1. The van der Waals surface area contributed by atoms with Crippen molar-refractivity contribution in [2.45, 2.75) is 59.7 Å². The number of nitrogens with two attached hydrogens (primary N) is 1. The van der Waals surface area contributed by atoms with Gasteiger partial charge in [0, 0.05) is 31.4 Å². The summed E-state index contributed by atoms with van der Waals surface area (Å²) in [6.07, 6.45) is 5.79. The maximum atomic E-state index is 12.1. The highest BCUT2D eigenvalue weighted by atomic mass is 16.1. The summed E-state index contributed by atoms with van der Waals surface area (Å²) in [5.74, 6) is 0.328. The molecule has 0 radical (unpaired) electrons. The molecule has 0 spiro atoms. The van der Waals surface area contributed by atoms with Gasteiger partial charge in [-0.2, -0.15) is 0 Å². The zero-order valence-corrected chi connectivity index (χ0v) is 13.3. The molecular weight excluding hydrogens is 252 g/mol. The quantitative estimate of drug-likeness (QED) is 0.834. The molecular formula is C15H28N4O. The summed E-state index contributed by atoms with van der Waals surface area (Å²) in [4.78, 5) is 16.2. The van der Waals surface area contributed by atoms with Crippen LogP contribution in [-0.4, -0.2) is 27.5 Å². The minimum absolute atomic E-state index is 0.0197. The van der Waals surface area contributed by atoms with Crippen molar-refractivity contribution in [2.75, 3.05) is 0 Å². The summed E-state index contributed by atoms with van der Waals surface area (Å²) < 4.78 is 1.98. The van der Waals surface area contributed by atoms with Crippen LogP contribution >= 0.6 is 0 Å². The Kier molecular flexibility index (Phi) is 5.74. The highest BCUT2D eigenvalue weighted by molar-refractivity contribution is 5.77. The number of nitrogens with zero attached hydrogens (tertiary/aromatic N) is 2. The molecule has 1 rings (SSSR count). The predicted octanol–water partition coefficient (Wildman–Crippen LogP) is 1.79. The molecule has 1 aromatic rings. The van der Waals surface area contributed by atoms with Crippen molar-refractivity contribution in [3.05, 3.63) is 18.7 Å². The first-order valence-electron chi connectivity index (χ1n) is 7.21. The second kappa shape index (κ2) is 6.88. The van der Waals surface area contributed by atoms with Crippen LogP contribution in [0.25, 0.3) is 0 Å². The molecule has 0 saturated carbocycles. The van der Waals surface area contributed by atoms with Gasteiger partial charge in [-0.05, 0) is 11.3 Å². The van der Waals surface area contributed by atoms with Gasteiger partial charge in [0.05, 0.1) is 12.4 Å². The zero-order valence-electron chi connectivity index (χ0n) is 13.3. The zero-order chi connectivity index (χ0) is 15.3. The molecule has 2 atom stereocenters. The van der Waals surface area contributed by atoms with E-state index in [-0.39, 0.29) is 23.4 Å². The predicted molar refractivity (Wildman–Crippen MR) is 81.0 cm³/mol. The average molecular weight is 280 g/mol. The molecule has 0 aliphatic rings. The maximum absolute atomic E-state index is 12.1. The van der Waals surface area contributed by atoms with E-state index in [1.165, 1.54) is 0 Å². The summed E-state index contributed by atoms with van der Waals surface area (Å²) in [7, 11) is 0. The average Bonchev–Trinajstić information content (AvgIpc) is 2.79.